The van der Waals surface area contributed by atoms with E-state index in [0.29, 0.717) is 6.04 Å². The Morgan fingerprint density at radius 3 is 2.48 bits per heavy atom. The second-order valence-corrected chi connectivity index (χ2v) is 7.78. The molecule has 0 aromatic heterocycles. The molecule has 2 atom stereocenters. The van der Waals surface area contributed by atoms with Crippen molar-refractivity contribution in [1.82, 2.24) is 15.1 Å². The van der Waals surface area contributed by atoms with Gasteiger partial charge in [-0.2, -0.15) is 5.26 Å². The van der Waals surface area contributed by atoms with Gasteiger partial charge in [-0.05, 0) is 48.7 Å². The van der Waals surface area contributed by atoms with Crippen LogP contribution in [0.4, 0.5) is 0 Å². The van der Waals surface area contributed by atoms with E-state index in [4.69, 9.17) is 17.5 Å². The van der Waals surface area contributed by atoms with Gasteiger partial charge < -0.3 is 10.2 Å². The molecule has 1 saturated heterocycles. The summed E-state index contributed by atoms with van der Waals surface area (Å²) in [5.41, 5.74) is 1.99. The third-order valence-electron chi connectivity index (χ3n) is 5.57. The van der Waals surface area contributed by atoms with E-state index in [2.05, 4.69) is 40.2 Å². The quantitative estimate of drug-likeness (QED) is 0.843. The van der Waals surface area contributed by atoms with Gasteiger partial charge in [0.25, 0.3) is 0 Å². The first kappa shape index (κ1) is 18.2. The highest BCUT2D eigenvalue weighted by Gasteiger charge is 2.25. The molecule has 1 heterocycles. The maximum Gasteiger partial charge on any atom is 0.169 e. The van der Waals surface area contributed by atoms with Crippen molar-refractivity contribution in [1.29, 1.82) is 5.26 Å². The van der Waals surface area contributed by atoms with Crippen LogP contribution >= 0.6 is 12.2 Å². The normalized spacial score (nSPS) is 24.6. The van der Waals surface area contributed by atoms with Crippen molar-refractivity contribution in [2.45, 2.75) is 45.2 Å². The molecule has 0 radical (unpaired) electrons. The third kappa shape index (κ3) is 4.93. The van der Waals surface area contributed by atoms with Crippen molar-refractivity contribution in [2.24, 2.45) is 5.92 Å². The molecule has 1 N–H and O–H groups in total. The average Bonchev–Trinajstić information content (AvgIpc) is 2.65. The molecule has 2 aliphatic rings. The summed E-state index contributed by atoms with van der Waals surface area (Å²) in [5.74, 6) is 0.726. The minimum Gasteiger partial charge on any atom is -0.360 e. The molecule has 134 valence electrons. The lowest BCUT2D eigenvalue weighted by atomic mass is 9.86. The predicted octanol–water partition coefficient (Wildman–Crippen LogP) is 3.13. The minimum atomic E-state index is 0.554. The SMILES string of the molecule is C[C@H]1CCCC[C@@H]1NC(=S)N1CCN(Cc2ccc(C#N)cc2)CC1. The zero-order chi connectivity index (χ0) is 17.6. The van der Waals surface area contributed by atoms with Crippen LogP contribution in [0.3, 0.4) is 0 Å². The monoisotopic (exact) mass is 356 g/mol. The standard InChI is InChI=1S/C20H28N4S/c1-16-4-2-3-5-19(16)22-20(25)24-12-10-23(11-13-24)15-18-8-6-17(14-21)7-9-18/h6-9,16,19H,2-5,10-13,15H2,1H3,(H,22,25)/t16-,19-/m0/s1. The summed E-state index contributed by atoms with van der Waals surface area (Å²) in [6.07, 6.45) is 5.25. The highest BCUT2D eigenvalue weighted by molar-refractivity contribution is 7.80. The molecule has 1 saturated carbocycles. The maximum atomic E-state index is 8.88. The van der Waals surface area contributed by atoms with E-state index in [1.54, 1.807) is 0 Å². The summed E-state index contributed by atoms with van der Waals surface area (Å²) in [6, 6.07) is 10.6. The van der Waals surface area contributed by atoms with Crippen LogP contribution in [0.5, 0.6) is 0 Å². The predicted molar refractivity (Wildman–Crippen MR) is 105 cm³/mol. The Labute approximate surface area is 156 Å². The second-order valence-electron chi connectivity index (χ2n) is 7.39. The lowest BCUT2D eigenvalue weighted by Crippen LogP contribution is -2.54. The van der Waals surface area contributed by atoms with E-state index in [1.165, 1.54) is 31.2 Å². The van der Waals surface area contributed by atoms with E-state index in [-0.39, 0.29) is 0 Å². The van der Waals surface area contributed by atoms with Gasteiger partial charge in [-0.25, -0.2) is 0 Å². The molecule has 5 heteroatoms. The van der Waals surface area contributed by atoms with E-state index >= 15 is 0 Å². The lowest BCUT2D eigenvalue weighted by molar-refractivity contribution is 0.172. The van der Waals surface area contributed by atoms with Gasteiger partial charge in [0.15, 0.2) is 5.11 Å². The van der Waals surface area contributed by atoms with Crippen LogP contribution in [0, 0.1) is 17.2 Å². The Balaban J connectivity index is 1.44. The average molecular weight is 357 g/mol. The van der Waals surface area contributed by atoms with Gasteiger partial charge in [0, 0.05) is 38.8 Å². The number of piperazine rings is 1. The molecule has 1 aromatic rings. The summed E-state index contributed by atoms with van der Waals surface area (Å²) in [4.78, 5) is 4.79. The van der Waals surface area contributed by atoms with Crippen LogP contribution in [0.15, 0.2) is 24.3 Å². The summed E-state index contributed by atoms with van der Waals surface area (Å²) < 4.78 is 0. The first-order chi connectivity index (χ1) is 12.2. The fourth-order valence-electron chi connectivity index (χ4n) is 3.83. The van der Waals surface area contributed by atoms with Crippen molar-refractivity contribution in [2.75, 3.05) is 26.2 Å². The molecule has 2 fully saturated rings. The Bertz CT molecular complexity index is 614. The molecular formula is C20H28N4S. The Morgan fingerprint density at radius 2 is 1.84 bits per heavy atom. The maximum absolute atomic E-state index is 8.88. The number of nitrogens with zero attached hydrogens (tertiary/aromatic N) is 3. The molecule has 1 aromatic carbocycles. The van der Waals surface area contributed by atoms with Crippen molar-refractivity contribution >= 4 is 17.3 Å². The van der Waals surface area contributed by atoms with Gasteiger partial charge in [0.1, 0.15) is 0 Å². The summed E-state index contributed by atoms with van der Waals surface area (Å²) >= 11 is 5.67. The molecule has 4 nitrogen and oxygen atoms in total. The molecule has 1 aliphatic carbocycles. The zero-order valence-corrected chi connectivity index (χ0v) is 15.9. The van der Waals surface area contributed by atoms with Gasteiger partial charge in [0.2, 0.25) is 0 Å². The number of hydrogen-bond donors (Lipinski definition) is 1. The van der Waals surface area contributed by atoms with Gasteiger partial charge in [-0.3, -0.25) is 4.90 Å². The first-order valence-corrected chi connectivity index (χ1v) is 9.83. The van der Waals surface area contributed by atoms with Gasteiger partial charge >= 0.3 is 0 Å². The summed E-state index contributed by atoms with van der Waals surface area (Å²) in [5, 5.41) is 13.4. The number of thiocarbonyl (C=S) groups is 1. The number of nitriles is 1. The third-order valence-corrected chi connectivity index (χ3v) is 5.95. The summed E-state index contributed by atoms with van der Waals surface area (Å²) in [6.45, 7) is 7.32. The van der Waals surface area contributed by atoms with E-state index < -0.39 is 0 Å². The Morgan fingerprint density at radius 1 is 1.16 bits per heavy atom. The Kier molecular flexibility index (Phi) is 6.28. The molecule has 3 rings (SSSR count). The van der Waals surface area contributed by atoms with Gasteiger partial charge in [0.05, 0.1) is 11.6 Å². The lowest BCUT2D eigenvalue weighted by Gasteiger charge is -2.39. The van der Waals surface area contributed by atoms with Crippen LogP contribution in [-0.4, -0.2) is 47.1 Å². The van der Waals surface area contributed by atoms with Crippen molar-refractivity contribution in [3.63, 3.8) is 0 Å². The van der Waals surface area contributed by atoms with Crippen LogP contribution in [0.25, 0.3) is 0 Å². The molecule has 1 aliphatic heterocycles. The summed E-state index contributed by atoms with van der Waals surface area (Å²) in [7, 11) is 0. The zero-order valence-electron chi connectivity index (χ0n) is 15.1. The molecule has 0 spiro atoms. The number of benzene rings is 1. The number of hydrogen-bond acceptors (Lipinski definition) is 3. The van der Waals surface area contributed by atoms with Gasteiger partial charge in [-0.1, -0.05) is 31.9 Å². The highest BCUT2D eigenvalue weighted by Crippen LogP contribution is 2.24. The largest absolute Gasteiger partial charge is 0.360 e. The molecule has 0 amide bonds. The van der Waals surface area contributed by atoms with Crippen LogP contribution in [0.1, 0.15) is 43.7 Å². The molecular weight excluding hydrogens is 328 g/mol. The van der Waals surface area contributed by atoms with Crippen LogP contribution in [0.2, 0.25) is 0 Å². The van der Waals surface area contributed by atoms with E-state index in [0.717, 1.165) is 49.3 Å². The van der Waals surface area contributed by atoms with E-state index in [9.17, 15) is 0 Å². The van der Waals surface area contributed by atoms with Gasteiger partial charge in [-0.15, -0.1) is 0 Å². The topological polar surface area (TPSA) is 42.3 Å². The Hall–Kier alpha value is -1.64. The molecule has 25 heavy (non-hydrogen) atoms. The molecule has 0 bridgehead atoms. The second kappa shape index (κ2) is 8.64. The van der Waals surface area contributed by atoms with E-state index in [1.807, 2.05) is 12.1 Å². The minimum absolute atomic E-state index is 0.554. The highest BCUT2D eigenvalue weighted by atomic mass is 32.1. The van der Waals surface area contributed by atoms with Crippen molar-refractivity contribution < 1.29 is 0 Å². The fourth-order valence-corrected chi connectivity index (χ4v) is 4.17. The van der Waals surface area contributed by atoms with Crippen LogP contribution in [-0.2, 0) is 6.54 Å². The first-order valence-electron chi connectivity index (χ1n) is 9.42. The smallest absolute Gasteiger partial charge is 0.169 e. The van der Waals surface area contributed by atoms with Crippen molar-refractivity contribution in [3.8, 4) is 6.07 Å². The van der Waals surface area contributed by atoms with Crippen molar-refractivity contribution in [3.05, 3.63) is 35.4 Å². The molecule has 0 unspecified atom stereocenters. The van der Waals surface area contributed by atoms with Crippen LogP contribution < -0.4 is 5.32 Å². The fraction of sp³-hybridized carbons (Fsp3) is 0.600. The number of rotatable bonds is 3. The number of nitrogens with one attached hydrogen (secondary N) is 1.